The second kappa shape index (κ2) is 2.69. The fraction of sp³-hybridized carbons (Fsp3) is 1.00. The summed E-state index contributed by atoms with van der Waals surface area (Å²) in [6.45, 7) is 7.02. The lowest BCUT2D eigenvalue weighted by Gasteiger charge is -2.64. The van der Waals surface area contributed by atoms with Crippen LogP contribution in [0.4, 0.5) is 0 Å². The Balaban J connectivity index is 1.95. The molecule has 2 bridgehead atoms. The molecule has 1 aliphatic heterocycles. The SMILES string of the molecule is CC1(C)C2CC3OB(I)O[C@]3(C)C1C2. The maximum absolute atomic E-state index is 6.00. The largest absolute Gasteiger partial charge is 0.533 e. The highest BCUT2D eigenvalue weighted by molar-refractivity contribution is 14.1. The van der Waals surface area contributed by atoms with Crippen LogP contribution in [0.5, 0.6) is 0 Å². The van der Waals surface area contributed by atoms with Crippen molar-refractivity contribution in [1.29, 1.82) is 0 Å². The minimum absolute atomic E-state index is 0.00981. The Labute approximate surface area is 99.1 Å². The highest BCUT2D eigenvalue weighted by Crippen LogP contribution is 2.65. The standard InChI is InChI=1S/C10H16BIO2/c1-9(2)6-4-7(9)10(3)8(5-6)13-11(12)14-10/h6-8H,4-5H2,1-3H3/t6?,7?,8?,10-/m1/s1. The van der Waals surface area contributed by atoms with Crippen molar-refractivity contribution < 1.29 is 9.31 Å². The van der Waals surface area contributed by atoms with E-state index in [1.165, 1.54) is 12.8 Å². The van der Waals surface area contributed by atoms with E-state index < -0.39 is 0 Å². The van der Waals surface area contributed by atoms with Gasteiger partial charge in [-0.25, -0.2) is 0 Å². The Morgan fingerprint density at radius 2 is 2.00 bits per heavy atom. The molecule has 0 aromatic carbocycles. The van der Waals surface area contributed by atoms with Gasteiger partial charge in [0.1, 0.15) is 0 Å². The maximum Gasteiger partial charge on any atom is 0.533 e. The predicted molar refractivity (Wildman–Crippen MR) is 64.1 cm³/mol. The Bertz CT molecular complexity index is 283. The molecule has 3 saturated carbocycles. The van der Waals surface area contributed by atoms with Crippen molar-refractivity contribution in [3.05, 3.63) is 0 Å². The zero-order valence-corrected chi connectivity index (χ0v) is 11.1. The van der Waals surface area contributed by atoms with E-state index in [2.05, 4.69) is 43.1 Å². The van der Waals surface area contributed by atoms with E-state index in [-0.39, 0.29) is 10.6 Å². The molecule has 14 heavy (non-hydrogen) atoms. The molecule has 4 heteroatoms. The third-order valence-electron chi connectivity index (χ3n) is 4.92. The highest BCUT2D eigenvalue weighted by atomic mass is 127. The van der Waals surface area contributed by atoms with Crippen LogP contribution in [0.2, 0.25) is 0 Å². The van der Waals surface area contributed by atoms with Gasteiger partial charge in [-0.3, -0.25) is 0 Å². The van der Waals surface area contributed by atoms with Crippen LogP contribution < -0.4 is 0 Å². The summed E-state index contributed by atoms with van der Waals surface area (Å²) in [6.07, 6.45) is 2.88. The van der Waals surface area contributed by atoms with Crippen LogP contribution >= 0.6 is 22.4 Å². The Kier molecular flexibility index (Phi) is 1.90. The van der Waals surface area contributed by atoms with Gasteiger partial charge in [0.05, 0.1) is 11.7 Å². The monoisotopic (exact) mass is 306 g/mol. The van der Waals surface area contributed by atoms with Gasteiger partial charge >= 0.3 is 4.97 Å². The van der Waals surface area contributed by atoms with Gasteiger partial charge in [-0.1, -0.05) is 36.2 Å². The Morgan fingerprint density at radius 3 is 2.64 bits per heavy atom. The van der Waals surface area contributed by atoms with Crippen molar-refractivity contribution in [3.63, 3.8) is 0 Å². The van der Waals surface area contributed by atoms with E-state index in [4.69, 9.17) is 9.31 Å². The summed E-state index contributed by atoms with van der Waals surface area (Å²) in [6, 6.07) is 0. The van der Waals surface area contributed by atoms with Gasteiger partial charge in [0, 0.05) is 0 Å². The topological polar surface area (TPSA) is 18.5 Å². The molecule has 0 N–H and O–H groups in total. The lowest BCUT2D eigenvalue weighted by Crippen LogP contribution is -2.65. The van der Waals surface area contributed by atoms with Crippen LogP contribution in [-0.4, -0.2) is 16.7 Å². The van der Waals surface area contributed by atoms with Crippen LogP contribution in [-0.2, 0) is 9.31 Å². The lowest BCUT2D eigenvalue weighted by molar-refractivity contribution is -0.199. The molecule has 4 aliphatic rings. The fourth-order valence-corrected chi connectivity index (χ4v) is 4.71. The first-order chi connectivity index (χ1) is 6.44. The van der Waals surface area contributed by atoms with E-state index in [0.29, 0.717) is 17.4 Å². The lowest BCUT2D eigenvalue weighted by atomic mass is 9.43. The van der Waals surface area contributed by atoms with Crippen molar-refractivity contribution in [2.45, 2.75) is 45.3 Å². The Hall–Kier alpha value is 0.715. The minimum atomic E-state index is -0.0299. The molecule has 4 atom stereocenters. The van der Waals surface area contributed by atoms with E-state index in [1.54, 1.807) is 0 Å². The number of hydrogen-bond acceptors (Lipinski definition) is 2. The highest BCUT2D eigenvalue weighted by Gasteiger charge is 2.67. The zero-order valence-electron chi connectivity index (χ0n) is 8.92. The van der Waals surface area contributed by atoms with Crippen LogP contribution in [0.15, 0.2) is 0 Å². The molecule has 78 valence electrons. The quantitative estimate of drug-likeness (QED) is 0.506. The molecule has 1 heterocycles. The third kappa shape index (κ3) is 1.00. The number of halogens is 1. The molecule has 0 amide bonds. The van der Waals surface area contributed by atoms with Crippen molar-refractivity contribution >= 4 is 27.3 Å². The number of hydrogen-bond donors (Lipinski definition) is 0. The molecule has 3 aliphatic carbocycles. The first-order valence-corrected chi connectivity index (χ1v) is 6.66. The van der Waals surface area contributed by atoms with Crippen molar-refractivity contribution in [1.82, 2.24) is 0 Å². The molecule has 1 saturated heterocycles. The molecule has 0 aromatic rings. The van der Waals surface area contributed by atoms with E-state index in [9.17, 15) is 0 Å². The molecular weight excluding hydrogens is 290 g/mol. The van der Waals surface area contributed by atoms with Crippen LogP contribution in [0.25, 0.3) is 0 Å². The van der Waals surface area contributed by atoms with Crippen LogP contribution in [0, 0.1) is 17.3 Å². The second-order valence-corrected chi connectivity index (χ2v) is 6.76. The normalized spacial score (nSPS) is 54.0. The summed E-state index contributed by atoms with van der Waals surface area (Å²) in [5.41, 5.74) is 0.458. The molecule has 4 fully saturated rings. The average Bonchev–Trinajstić information content (AvgIpc) is 2.37. The Morgan fingerprint density at radius 1 is 1.29 bits per heavy atom. The van der Waals surface area contributed by atoms with E-state index >= 15 is 0 Å². The van der Waals surface area contributed by atoms with Gasteiger partial charge in [-0.05, 0) is 37.0 Å². The molecule has 0 spiro atoms. The number of rotatable bonds is 0. The average molecular weight is 306 g/mol. The van der Waals surface area contributed by atoms with Crippen molar-refractivity contribution in [3.8, 4) is 0 Å². The van der Waals surface area contributed by atoms with Crippen molar-refractivity contribution in [2.75, 3.05) is 0 Å². The molecule has 0 radical (unpaired) electrons. The van der Waals surface area contributed by atoms with Gasteiger partial charge in [0.15, 0.2) is 0 Å². The van der Waals surface area contributed by atoms with Crippen LogP contribution in [0.3, 0.4) is 0 Å². The molecule has 0 aromatic heterocycles. The maximum atomic E-state index is 6.00. The second-order valence-electron chi connectivity index (χ2n) is 5.74. The summed E-state index contributed by atoms with van der Waals surface area (Å²) < 4.78 is 11.8. The third-order valence-corrected chi connectivity index (χ3v) is 5.47. The summed E-state index contributed by atoms with van der Waals surface area (Å²) in [7, 11) is 0. The van der Waals surface area contributed by atoms with Crippen molar-refractivity contribution in [2.24, 2.45) is 17.3 Å². The van der Waals surface area contributed by atoms with E-state index in [0.717, 1.165) is 5.92 Å². The summed E-state index contributed by atoms with van der Waals surface area (Å²) in [5, 5.41) is 0. The fourth-order valence-electron chi connectivity index (χ4n) is 3.81. The van der Waals surface area contributed by atoms with Crippen LogP contribution in [0.1, 0.15) is 33.6 Å². The van der Waals surface area contributed by atoms with Gasteiger partial charge < -0.3 is 9.31 Å². The molecule has 4 rings (SSSR count). The summed E-state index contributed by atoms with van der Waals surface area (Å²) in [4.78, 5) is -0.0299. The van der Waals surface area contributed by atoms with Gasteiger partial charge in [-0.2, -0.15) is 0 Å². The molecular formula is C10H16BIO2. The first kappa shape index (κ1) is 9.91. The summed E-state index contributed by atoms with van der Waals surface area (Å²) in [5.74, 6) is 1.55. The van der Waals surface area contributed by atoms with Gasteiger partial charge in [0.2, 0.25) is 0 Å². The first-order valence-electron chi connectivity index (χ1n) is 5.42. The predicted octanol–water partition coefficient (Wildman–Crippen LogP) is 2.65. The summed E-state index contributed by atoms with van der Waals surface area (Å²) >= 11 is 2.24. The van der Waals surface area contributed by atoms with Gasteiger partial charge in [-0.15, -0.1) is 0 Å². The smallest absolute Gasteiger partial charge is 0.397 e. The zero-order chi connectivity index (χ0) is 10.1. The molecule has 2 nitrogen and oxygen atoms in total. The van der Waals surface area contributed by atoms with E-state index in [1.807, 2.05) is 0 Å². The van der Waals surface area contributed by atoms with Gasteiger partial charge in [0.25, 0.3) is 0 Å². The molecule has 3 unspecified atom stereocenters. The minimum Gasteiger partial charge on any atom is -0.397 e.